The first kappa shape index (κ1) is 22.9. The molecular formula is C24H28N2O4S. The Hall–Kier alpha value is -2.80. The smallest absolute Gasteiger partial charge is 0.317 e. The normalized spacial score (nSPS) is 13.3. The fourth-order valence-electron chi connectivity index (χ4n) is 3.57. The molecule has 1 atom stereocenters. The van der Waals surface area contributed by atoms with Crippen LogP contribution in [-0.4, -0.2) is 36.2 Å². The highest BCUT2D eigenvalue weighted by Crippen LogP contribution is 2.27. The number of carbonyl (C=O) groups is 3. The number of nitrogens with one attached hydrogen (secondary N) is 2. The predicted molar refractivity (Wildman–Crippen MR) is 122 cm³/mol. The van der Waals surface area contributed by atoms with Crippen LogP contribution in [0.2, 0.25) is 0 Å². The number of anilines is 1. The van der Waals surface area contributed by atoms with E-state index in [2.05, 4.69) is 22.8 Å². The van der Waals surface area contributed by atoms with Crippen LogP contribution < -0.4 is 10.6 Å². The van der Waals surface area contributed by atoms with Crippen molar-refractivity contribution in [2.45, 2.75) is 51.0 Å². The van der Waals surface area contributed by atoms with Crippen molar-refractivity contribution in [3.8, 4) is 0 Å². The number of hydrogen-bond acceptors (Lipinski definition) is 5. The number of benzene rings is 2. The number of thioether (sulfide) groups is 1. The Morgan fingerprint density at radius 2 is 1.77 bits per heavy atom. The lowest BCUT2D eigenvalue weighted by Crippen LogP contribution is -2.40. The third-order valence-corrected chi connectivity index (χ3v) is 6.24. The quantitative estimate of drug-likeness (QED) is 0.484. The number of ether oxygens (including phenoxy) is 1. The summed E-state index contributed by atoms with van der Waals surface area (Å²) in [5.41, 5.74) is 5.37. The second-order valence-corrected chi connectivity index (χ2v) is 8.79. The molecule has 1 unspecified atom stereocenters. The number of fused-ring (bicyclic) bond motifs is 1. The Bertz CT molecular complexity index is 969. The van der Waals surface area contributed by atoms with E-state index in [0.29, 0.717) is 0 Å². The number of amides is 2. The molecule has 0 saturated carbocycles. The molecule has 0 aliphatic heterocycles. The maximum atomic E-state index is 12.2. The Morgan fingerprint density at radius 3 is 2.52 bits per heavy atom. The minimum atomic E-state index is -0.971. The van der Waals surface area contributed by atoms with Crippen molar-refractivity contribution < 1.29 is 19.1 Å². The maximum Gasteiger partial charge on any atom is 0.317 e. The van der Waals surface area contributed by atoms with Crippen molar-refractivity contribution in [2.24, 2.45) is 0 Å². The molecule has 0 saturated heterocycles. The average molecular weight is 441 g/mol. The monoisotopic (exact) mass is 440 g/mol. The molecule has 1 aliphatic rings. The molecule has 0 bridgehead atoms. The van der Waals surface area contributed by atoms with E-state index < -0.39 is 18.0 Å². The van der Waals surface area contributed by atoms with Gasteiger partial charge in [-0.3, -0.25) is 14.4 Å². The Kier molecular flexibility index (Phi) is 7.74. The van der Waals surface area contributed by atoms with Gasteiger partial charge < -0.3 is 15.4 Å². The zero-order valence-electron chi connectivity index (χ0n) is 18.1. The third-order valence-electron chi connectivity index (χ3n) is 5.27. The van der Waals surface area contributed by atoms with Crippen molar-refractivity contribution in [1.29, 1.82) is 0 Å². The molecule has 0 radical (unpaired) electrons. The van der Waals surface area contributed by atoms with Crippen LogP contribution in [0.1, 0.15) is 35.6 Å². The average Bonchev–Trinajstić information content (AvgIpc) is 3.21. The van der Waals surface area contributed by atoms with Gasteiger partial charge in [0.05, 0.1) is 12.3 Å². The van der Waals surface area contributed by atoms with Gasteiger partial charge in [0.15, 0.2) is 6.10 Å². The van der Waals surface area contributed by atoms with Crippen LogP contribution in [0.25, 0.3) is 0 Å². The molecule has 0 spiro atoms. The van der Waals surface area contributed by atoms with Crippen LogP contribution in [0.3, 0.4) is 0 Å². The summed E-state index contributed by atoms with van der Waals surface area (Å²) in [7, 11) is 0. The topological polar surface area (TPSA) is 84.5 Å². The SMILES string of the molecule is Cc1cccc(C)c1NC(=O)CNC(=O)C(C)OC(=O)CSc1ccc2c(c1)CCC2. The summed E-state index contributed by atoms with van der Waals surface area (Å²) in [6, 6.07) is 12.0. The summed E-state index contributed by atoms with van der Waals surface area (Å²) >= 11 is 1.40. The highest BCUT2D eigenvalue weighted by molar-refractivity contribution is 8.00. The first-order valence-corrected chi connectivity index (χ1v) is 11.4. The summed E-state index contributed by atoms with van der Waals surface area (Å²) in [5.74, 6) is -1.18. The summed E-state index contributed by atoms with van der Waals surface area (Å²) < 4.78 is 5.21. The van der Waals surface area contributed by atoms with Crippen molar-refractivity contribution >= 4 is 35.2 Å². The number of carbonyl (C=O) groups excluding carboxylic acids is 3. The lowest BCUT2D eigenvalue weighted by atomic mass is 10.1. The van der Waals surface area contributed by atoms with Crippen LogP contribution in [0.4, 0.5) is 5.69 Å². The molecule has 2 N–H and O–H groups in total. The van der Waals surface area contributed by atoms with Gasteiger partial charge in [0.25, 0.3) is 5.91 Å². The van der Waals surface area contributed by atoms with E-state index in [1.165, 1.54) is 36.2 Å². The molecule has 6 nitrogen and oxygen atoms in total. The highest BCUT2D eigenvalue weighted by atomic mass is 32.2. The molecule has 164 valence electrons. The van der Waals surface area contributed by atoms with Gasteiger partial charge in [-0.2, -0.15) is 0 Å². The molecule has 3 rings (SSSR count). The highest BCUT2D eigenvalue weighted by Gasteiger charge is 2.19. The molecular weight excluding hydrogens is 412 g/mol. The van der Waals surface area contributed by atoms with Crippen LogP contribution in [0.5, 0.6) is 0 Å². The maximum absolute atomic E-state index is 12.2. The Labute approximate surface area is 187 Å². The van der Waals surface area contributed by atoms with Gasteiger partial charge in [0.2, 0.25) is 5.91 Å². The van der Waals surface area contributed by atoms with Gasteiger partial charge >= 0.3 is 5.97 Å². The Morgan fingerprint density at radius 1 is 1.06 bits per heavy atom. The van der Waals surface area contributed by atoms with Gasteiger partial charge in [-0.15, -0.1) is 11.8 Å². The number of aryl methyl sites for hydroxylation is 4. The second-order valence-electron chi connectivity index (χ2n) is 7.74. The van der Waals surface area contributed by atoms with E-state index in [1.807, 2.05) is 38.1 Å². The number of esters is 1. The molecule has 31 heavy (non-hydrogen) atoms. The van der Waals surface area contributed by atoms with Gasteiger partial charge in [0.1, 0.15) is 0 Å². The van der Waals surface area contributed by atoms with Crippen molar-refractivity contribution in [3.05, 3.63) is 58.7 Å². The zero-order valence-corrected chi connectivity index (χ0v) is 18.9. The molecule has 7 heteroatoms. The number of rotatable bonds is 8. The summed E-state index contributed by atoms with van der Waals surface area (Å²) in [4.78, 5) is 37.5. The van der Waals surface area contributed by atoms with Crippen molar-refractivity contribution in [1.82, 2.24) is 5.32 Å². The van der Waals surface area contributed by atoms with Gasteiger partial charge in [-0.05, 0) is 74.4 Å². The first-order valence-electron chi connectivity index (χ1n) is 10.4. The fourth-order valence-corrected chi connectivity index (χ4v) is 4.31. The number of para-hydroxylation sites is 1. The van der Waals surface area contributed by atoms with E-state index in [4.69, 9.17) is 4.74 Å². The molecule has 2 aromatic carbocycles. The van der Waals surface area contributed by atoms with E-state index in [0.717, 1.165) is 34.6 Å². The van der Waals surface area contributed by atoms with Gasteiger partial charge in [0, 0.05) is 10.6 Å². The lowest BCUT2D eigenvalue weighted by Gasteiger charge is -2.15. The second kappa shape index (κ2) is 10.5. The minimum Gasteiger partial charge on any atom is -0.452 e. The van der Waals surface area contributed by atoms with E-state index in [9.17, 15) is 14.4 Å². The largest absolute Gasteiger partial charge is 0.452 e. The predicted octanol–water partition coefficient (Wildman–Crippen LogP) is 3.57. The standard InChI is InChI=1S/C24H28N2O4S/c1-15-6-4-7-16(2)23(15)26-21(27)13-25-24(29)17(3)30-22(28)14-31-20-11-10-18-8-5-9-19(18)12-20/h4,6-7,10-12,17H,5,8-9,13-14H2,1-3H3,(H,25,29)(H,26,27). The van der Waals surface area contributed by atoms with Gasteiger partial charge in [-0.1, -0.05) is 24.3 Å². The summed E-state index contributed by atoms with van der Waals surface area (Å²) in [5, 5.41) is 5.32. The fraction of sp³-hybridized carbons (Fsp3) is 0.375. The molecule has 2 amide bonds. The lowest BCUT2D eigenvalue weighted by molar-refractivity contribution is -0.152. The summed E-state index contributed by atoms with van der Waals surface area (Å²) in [6.07, 6.45) is 2.42. The van der Waals surface area contributed by atoms with Crippen LogP contribution in [-0.2, 0) is 32.0 Å². The van der Waals surface area contributed by atoms with Crippen LogP contribution in [0.15, 0.2) is 41.3 Å². The van der Waals surface area contributed by atoms with Crippen LogP contribution in [0, 0.1) is 13.8 Å². The molecule has 0 aromatic heterocycles. The third kappa shape index (κ3) is 6.34. The first-order chi connectivity index (χ1) is 14.8. The molecule has 2 aromatic rings. The Balaban J connectivity index is 1.40. The van der Waals surface area contributed by atoms with E-state index in [1.54, 1.807) is 0 Å². The van der Waals surface area contributed by atoms with E-state index >= 15 is 0 Å². The van der Waals surface area contributed by atoms with Gasteiger partial charge in [-0.25, -0.2) is 0 Å². The van der Waals surface area contributed by atoms with Crippen molar-refractivity contribution in [2.75, 3.05) is 17.6 Å². The zero-order chi connectivity index (χ0) is 22.4. The number of hydrogen-bond donors (Lipinski definition) is 2. The minimum absolute atomic E-state index is 0.128. The molecule has 1 aliphatic carbocycles. The van der Waals surface area contributed by atoms with Crippen LogP contribution >= 0.6 is 11.8 Å². The molecule has 0 fully saturated rings. The van der Waals surface area contributed by atoms with Crippen molar-refractivity contribution in [3.63, 3.8) is 0 Å². The van der Waals surface area contributed by atoms with E-state index in [-0.39, 0.29) is 18.2 Å². The molecule has 0 heterocycles. The summed E-state index contributed by atoms with van der Waals surface area (Å²) in [6.45, 7) is 5.11.